The first-order valence-electron chi connectivity index (χ1n) is 3.82. The molecule has 1 fully saturated rings. The van der Waals surface area contributed by atoms with Crippen molar-refractivity contribution in [3.63, 3.8) is 0 Å². The second-order valence-electron chi connectivity index (χ2n) is 2.86. The molecule has 0 atom stereocenters. The van der Waals surface area contributed by atoms with Gasteiger partial charge in [-0.15, -0.1) is 0 Å². The first-order chi connectivity index (χ1) is 5.34. The van der Waals surface area contributed by atoms with Gasteiger partial charge >= 0.3 is 0 Å². The van der Waals surface area contributed by atoms with Gasteiger partial charge in [-0.2, -0.15) is 0 Å². The van der Waals surface area contributed by atoms with Crippen molar-refractivity contribution >= 4 is 15.9 Å². The van der Waals surface area contributed by atoms with E-state index in [0.29, 0.717) is 0 Å². The van der Waals surface area contributed by atoms with Crippen LogP contribution >= 0.6 is 15.9 Å². The zero-order valence-corrected chi connectivity index (χ0v) is 7.73. The maximum Gasteiger partial charge on any atom is 0.169 e. The molecule has 0 saturated heterocycles. The van der Waals surface area contributed by atoms with Crippen molar-refractivity contribution in [1.29, 1.82) is 0 Å². The average molecular weight is 216 g/mol. The van der Waals surface area contributed by atoms with E-state index in [1.807, 2.05) is 12.1 Å². The lowest BCUT2D eigenvalue weighted by molar-refractivity contribution is 0.464. The van der Waals surface area contributed by atoms with Crippen molar-refractivity contribution in [1.82, 2.24) is 5.32 Å². The first-order valence-corrected chi connectivity index (χ1v) is 4.61. The molecule has 1 aliphatic carbocycles. The highest BCUT2D eigenvalue weighted by molar-refractivity contribution is 9.10. The predicted octanol–water partition coefficient (Wildman–Crippen LogP) is 2.29. The summed E-state index contributed by atoms with van der Waals surface area (Å²) in [5, 5.41) is 3.37. The van der Waals surface area contributed by atoms with Crippen molar-refractivity contribution in [3.8, 4) is 0 Å². The lowest BCUT2D eigenvalue weighted by atomic mass is 10.4. The van der Waals surface area contributed by atoms with Gasteiger partial charge in [-0.25, -0.2) is 0 Å². The van der Waals surface area contributed by atoms with E-state index in [1.165, 1.54) is 12.8 Å². The Morgan fingerprint density at radius 1 is 1.55 bits per heavy atom. The fourth-order valence-electron chi connectivity index (χ4n) is 0.979. The van der Waals surface area contributed by atoms with E-state index >= 15 is 0 Å². The Balaban J connectivity index is 1.85. The molecule has 0 aliphatic heterocycles. The maximum absolute atomic E-state index is 5.32. The van der Waals surface area contributed by atoms with Crippen molar-refractivity contribution in [2.24, 2.45) is 0 Å². The van der Waals surface area contributed by atoms with Crippen LogP contribution in [0.3, 0.4) is 0 Å². The summed E-state index contributed by atoms with van der Waals surface area (Å²) in [6.45, 7) is 0.857. The molecule has 1 aromatic rings. The number of hydrogen-bond donors (Lipinski definition) is 1. The van der Waals surface area contributed by atoms with Gasteiger partial charge in [-0.05, 0) is 40.9 Å². The largest absolute Gasteiger partial charge is 0.453 e. The standard InChI is InChI=1S/C8H10BrNO/c9-8-4-3-7(11-8)5-10-6-1-2-6/h3-4,6,10H,1-2,5H2. The lowest BCUT2D eigenvalue weighted by Crippen LogP contribution is -2.14. The molecule has 1 aromatic heterocycles. The van der Waals surface area contributed by atoms with E-state index in [-0.39, 0.29) is 0 Å². The highest BCUT2D eigenvalue weighted by Crippen LogP contribution is 2.20. The third-order valence-electron chi connectivity index (χ3n) is 1.77. The van der Waals surface area contributed by atoms with Gasteiger partial charge in [0.1, 0.15) is 5.76 Å². The fourth-order valence-corrected chi connectivity index (χ4v) is 1.32. The SMILES string of the molecule is Brc1ccc(CNC2CC2)o1. The second-order valence-corrected chi connectivity index (χ2v) is 3.64. The van der Waals surface area contributed by atoms with Gasteiger partial charge in [0.2, 0.25) is 0 Å². The summed E-state index contributed by atoms with van der Waals surface area (Å²) < 4.78 is 6.13. The van der Waals surface area contributed by atoms with E-state index in [0.717, 1.165) is 23.0 Å². The van der Waals surface area contributed by atoms with E-state index in [9.17, 15) is 0 Å². The van der Waals surface area contributed by atoms with Gasteiger partial charge in [0, 0.05) is 6.04 Å². The highest BCUT2D eigenvalue weighted by atomic mass is 79.9. The summed E-state index contributed by atoms with van der Waals surface area (Å²) in [7, 11) is 0. The zero-order chi connectivity index (χ0) is 7.68. The molecular weight excluding hydrogens is 206 g/mol. The van der Waals surface area contributed by atoms with Crippen molar-refractivity contribution in [3.05, 3.63) is 22.6 Å². The van der Waals surface area contributed by atoms with Gasteiger partial charge in [0.15, 0.2) is 4.67 Å². The van der Waals surface area contributed by atoms with Gasteiger partial charge in [-0.3, -0.25) is 0 Å². The summed E-state index contributed by atoms with van der Waals surface area (Å²) in [6, 6.07) is 4.66. The highest BCUT2D eigenvalue weighted by Gasteiger charge is 2.20. The Morgan fingerprint density at radius 3 is 2.91 bits per heavy atom. The van der Waals surface area contributed by atoms with Crippen LogP contribution in [-0.4, -0.2) is 6.04 Å². The minimum atomic E-state index is 0.749. The van der Waals surface area contributed by atoms with Crippen LogP contribution < -0.4 is 5.32 Å². The van der Waals surface area contributed by atoms with Crippen LogP contribution in [0.1, 0.15) is 18.6 Å². The molecule has 0 aromatic carbocycles. The smallest absolute Gasteiger partial charge is 0.169 e. The first kappa shape index (κ1) is 7.37. The van der Waals surface area contributed by atoms with E-state index < -0.39 is 0 Å². The van der Waals surface area contributed by atoms with Crippen LogP contribution in [0, 0.1) is 0 Å². The maximum atomic E-state index is 5.32. The molecule has 11 heavy (non-hydrogen) atoms. The summed E-state index contributed by atoms with van der Waals surface area (Å²) in [6.07, 6.45) is 2.64. The van der Waals surface area contributed by atoms with E-state index in [4.69, 9.17) is 4.42 Å². The number of halogens is 1. The molecule has 3 heteroatoms. The quantitative estimate of drug-likeness (QED) is 0.838. The molecule has 2 nitrogen and oxygen atoms in total. The van der Waals surface area contributed by atoms with Gasteiger partial charge < -0.3 is 9.73 Å². The molecule has 0 spiro atoms. The van der Waals surface area contributed by atoms with Crippen molar-refractivity contribution in [2.75, 3.05) is 0 Å². The fraction of sp³-hybridized carbons (Fsp3) is 0.500. The minimum Gasteiger partial charge on any atom is -0.453 e. The second kappa shape index (κ2) is 2.99. The monoisotopic (exact) mass is 215 g/mol. The van der Waals surface area contributed by atoms with Crippen LogP contribution in [0.4, 0.5) is 0 Å². The molecule has 2 rings (SSSR count). The molecule has 0 amide bonds. The molecule has 60 valence electrons. The Morgan fingerprint density at radius 2 is 2.36 bits per heavy atom. The van der Waals surface area contributed by atoms with Crippen molar-refractivity contribution < 1.29 is 4.42 Å². The van der Waals surface area contributed by atoms with Gasteiger partial charge in [0.25, 0.3) is 0 Å². The van der Waals surface area contributed by atoms with Crippen LogP contribution in [0.2, 0.25) is 0 Å². The zero-order valence-electron chi connectivity index (χ0n) is 6.14. The Hall–Kier alpha value is -0.280. The van der Waals surface area contributed by atoms with Crippen LogP contribution in [0.5, 0.6) is 0 Å². The Kier molecular flexibility index (Phi) is 2.00. The molecule has 0 radical (unpaired) electrons. The molecule has 1 saturated carbocycles. The number of hydrogen-bond acceptors (Lipinski definition) is 2. The molecule has 0 bridgehead atoms. The predicted molar refractivity (Wildman–Crippen MR) is 46.3 cm³/mol. The molecule has 1 N–H and O–H groups in total. The minimum absolute atomic E-state index is 0.749. The van der Waals surface area contributed by atoms with Crippen LogP contribution in [0.25, 0.3) is 0 Å². The third kappa shape index (κ3) is 2.07. The molecule has 1 heterocycles. The van der Waals surface area contributed by atoms with E-state index in [1.54, 1.807) is 0 Å². The molecular formula is C8H10BrNO. The summed E-state index contributed by atoms with van der Waals surface area (Å²) >= 11 is 3.26. The van der Waals surface area contributed by atoms with Crippen molar-refractivity contribution in [2.45, 2.75) is 25.4 Å². The summed E-state index contributed by atoms with van der Waals surface area (Å²) in [5.74, 6) is 1.00. The Bertz CT molecular complexity index is 242. The third-order valence-corrected chi connectivity index (χ3v) is 2.20. The van der Waals surface area contributed by atoms with Gasteiger partial charge in [-0.1, -0.05) is 0 Å². The normalized spacial score (nSPS) is 17.2. The number of rotatable bonds is 3. The topological polar surface area (TPSA) is 25.2 Å². The van der Waals surface area contributed by atoms with Crippen LogP contribution in [-0.2, 0) is 6.54 Å². The summed E-state index contributed by atoms with van der Waals surface area (Å²) in [5.41, 5.74) is 0. The Labute approximate surface area is 74.1 Å². The number of furan rings is 1. The lowest BCUT2D eigenvalue weighted by Gasteiger charge is -1.96. The van der Waals surface area contributed by atoms with E-state index in [2.05, 4.69) is 21.2 Å². The number of nitrogens with one attached hydrogen (secondary N) is 1. The average Bonchev–Trinajstić information content (AvgIpc) is 2.72. The molecule has 0 unspecified atom stereocenters. The summed E-state index contributed by atoms with van der Waals surface area (Å²) in [4.78, 5) is 0. The van der Waals surface area contributed by atoms with Crippen LogP contribution in [0.15, 0.2) is 21.2 Å². The molecule has 1 aliphatic rings. The van der Waals surface area contributed by atoms with Gasteiger partial charge in [0.05, 0.1) is 6.54 Å².